The van der Waals surface area contributed by atoms with Crippen molar-refractivity contribution in [3.63, 3.8) is 0 Å². The Bertz CT molecular complexity index is 246. The van der Waals surface area contributed by atoms with Crippen LogP contribution in [-0.2, 0) is 4.79 Å². The molecule has 1 heterocycles. The molecule has 72 valence electrons. The van der Waals surface area contributed by atoms with Crippen LogP contribution in [-0.4, -0.2) is 24.2 Å². The maximum Gasteiger partial charge on any atom is 0.239 e. The molecule has 0 aliphatic heterocycles. The van der Waals surface area contributed by atoms with E-state index in [1.807, 2.05) is 6.92 Å². The minimum Gasteiger partial charge on any atom is -0.363 e. The first-order chi connectivity index (χ1) is 6.33. The van der Waals surface area contributed by atoms with Crippen molar-refractivity contribution in [3.05, 3.63) is 12.3 Å². The van der Waals surface area contributed by atoms with Crippen molar-refractivity contribution in [1.82, 2.24) is 10.5 Å². The molecule has 0 fully saturated rings. The van der Waals surface area contributed by atoms with Crippen molar-refractivity contribution >= 4 is 11.7 Å². The lowest BCUT2D eigenvalue weighted by Gasteiger charge is -2.01. The highest BCUT2D eigenvalue weighted by molar-refractivity contribution is 5.91. The molecule has 0 spiro atoms. The first kappa shape index (κ1) is 9.73. The molecule has 2 N–H and O–H groups in total. The highest BCUT2D eigenvalue weighted by Gasteiger charge is 2.02. The van der Waals surface area contributed by atoms with E-state index in [0.29, 0.717) is 12.4 Å². The SMILES string of the molecule is CCCNCC(=O)Nc1ccon1. The van der Waals surface area contributed by atoms with Crippen molar-refractivity contribution in [1.29, 1.82) is 0 Å². The first-order valence-corrected chi connectivity index (χ1v) is 4.24. The van der Waals surface area contributed by atoms with Gasteiger partial charge in [0.1, 0.15) is 6.26 Å². The molecule has 0 saturated carbocycles. The minimum atomic E-state index is -0.109. The molecule has 1 amide bonds. The summed E-state index contributed by atoms with van der Waals surface area (Å²) in [4.78, 5) is 11.1. The van der Waals surface area contributed by atoms with E-state index in [2.05, 4.69) is 20.3 Å². The summed E-state index contributed by atoms with van der Waals surface area (Å²) in [6, 6.07) is 1.59. The summed E-state index contributed by atoms with van der Waals surface area (Å²) in [6.45, 7) is 3.19. The van der Waals surface area contributed by atoms with Gasteiger partial charge in [-0.3, -0.25) is 4.79 Å². The number of aromatic nitrogens is 1. The highest BCUT2D eigenvalue weighted by atomic mass is 16.5. The van der Waals surface area contributed by atoms with Gasteiger partial charge in [-0.15, -0.1) is 0 Å². The predicted octanol–water partition coefficient (Wildman–Crippen LogP) is 0.613. The van der Waals surface area contributed by atoms with Crippen molar-refractivity contribution < 1.29 is 9.32 Å². The van der Waals surface area contributed by atoms with Crippen molar-refractivity contribution in [3.8, 4) is 0 Å². The zero-order valence-electron chi connectivity index (χ0n) is 7.54. The van der Waals surface area contributed by atoms with Crippen LogP contribution >= 0.6 is 0 Å². The summed E-state index contributed by atoms with van der Waals surface area (Å²) in [5, 5.41) is 9.10. The van der Waals surface area contributed by atoms with E-state index < -0.39 is 0 Å². The Labute approximate surface area is 76.5 Å². The van der Waals surface area contributed by atoms with Crippen LogP contribution in [0.4, 0.5) is 5.82 Å². The molecule has 0 aliphatic rings. The van der Waals surface area contributed by atoms with Gasteiger partial charge in [-0.05, 0) is 13.0 Å². The number of hydrogen-bond acceptors (Lipinski definition) is 4. The quantitative estimate of drug-likeness (QED) is 0.656. The smallest absolute Gasteiger partial charge is 0.239 e. The molecular weight excluding hydrogens is 170 g/mol. The third-order valence-corrected chi connectivity index (χ3v) is 1.42. The summed E-state index contributed by atoms with van der Waals surface area (Å²) in [5.41, 5.74) is 0. The van der Waals surface area contributed by atoms with Crippen LogP contribution in [0.3, 0.4) is 0 Å². The largest absolute Gasteiger partial charge is 0.363 e. The second-order valence-corrected chi connectivity index (χ2v) is 2.61. The lowest BCUT2D eigenvalue weighted by Crippen LogP contribution is -2.28. The fourth-order valence-corrected chi connectivity index (χ4v) is 0.843. The Morgan fingerprint density at radius 2 is 2.54 bits per heavy atom. The Kier molecular flexibility index (Phi) is 3.98. The van der Waals surface area contributed by atoms with E-state index in [1.54, 1.807) is 6.07 Å². The molecule has 0 bridgehead atoms. The van der Waals surface area contributed by atoms with Gasteiger partial charge < -0.3 is 15.2 Å². The van der Waals surface area contributed by atoms with Crippen molar-refractivity contribution in [2.45, 2.75) is 13.3 Å². The summed E-state index contributed by atoms with van der Waals surface area (Å²) >= 11 is 0. The van der Waals surface area contributed by atoms with Crippen LogP contribution in [0.15, 0.2) is 16.9 Å². The van der Waals surface area contributed by atoms with E-state index in [4.69, 9.17) is 0 Å². The topological polar surface area (TPSA) is 67.2 Å². The van der Waals surface area contributed by atoms with Crippen molar-refractivity contribution in [2.24, 2.45) is 0 Å². The molecule has 0 saturated heterocycles. The molecule has 0 unspecified atom stereocenters. The first-order valence-electron chi connectivity index (χ1n) is 4.24. The normalized spacial score (nSPS) is 9.92. The van der Waals surface area contributed by atoms with Crippen LogP contribution in [0.25, 0.3) is 0 Å². The van der Waals surface area contributed by atoms with Crippen LogP contribution in [0, 0.1) is 0 Å². The fraction of sp³-hybridized carbons (Fsp3) is 0.500. The molecule has 1 aromatic rings. The molecule has 1 aromatic heterocycles. The zero-order valence-corrected chi connectivity index (χ0v) is 7.54. The van der Waals surface area contributed by atoms with Gasteiger partial charge in [0, 0.05) is 6.07 Å². The van der Waals surface area contributed by atoms with Gasteiger partial charge in [0.05, 0.1) is 6.54 Å². The highest BCUT2D eigenvalue weighted by Crippen LogP contribution is 1.99. The minimum absolute atomic E-state index is 0.109. The van der Waals surface area contributed by atoms with E-state index in [0.717, 1.165) is 13.0 Å². The Balaban J connectivity index is 2.18. The lowest BCUT2D eigenvalue weighted by atomic mass is 10.4. The summed E-state index contributed by atoms with van der Waals surface area (Å²) in [7, 11) is 0. The van der Waals surface area contributed by atoms with Crippen molar-refractivity contribution in [2.75, 3.05) is 18.4 Å². The Morgan fingerprint density at radius 3 is 3.15 bits per heavy atom. The molecule has 5 nitrogen and oxygen atoms in total. The molecule has 1 rings (SSSR count). The zero-order chi connectivity index (χ0) is 9.52. The number of carbonyl (C=O) groups is 1. The van der Waals surface area contributed by atoms with Gasteiger partial charge in [-0.25, -0.2) is 0 Å². The Morgan fingerprint density at radius 1 is 1.69 bits per heavy atom. The second kappa shape index (κ2) is 5.31. The monoisotopic (exact) mass is 183 g/mol. The summed E-state index contributed by atoms with van der Waals surface area (Å²) < 4.78 is 4.56. The van der Waals surface area contributed by atoms with E-state index in [1.165, 1.54) is 6.26 Å². The maximum atomic E-state index is 11.1. The predicted molar refractivity (Wildman–Crippen MR) is 48.3 cm³/mol. The summed E-state index contributed by atoms with van der Waals surface area (Å²) in [6.07, 6.45) is 2.42. The van der Waals surface area contributed by atoms with E-state index in [-0.39, 0.29) is 5.91 Å². The van der Waals surface area contributed by atoms with Gasteiger partial charge in [0.15, 0.2) is 5.82 Å². The maximum absolute atomic E-state index is 11.1. The van der Waals surface area contributed by atoms with Crippen LogP contribution in [0.2, 0.25) is 0 Å². The van der Waals surface area contributed by atoms with Gasteiger partial charge in [0.25, 0.3) is 0 Å². The number of nitrogens with one attached hydrogen (secondary N) is 2. The molecule has 0 atom stereocenters. The standard InChI is InChI=1S/C8H13N3O2/c1-2-4-9-6-8(12)10-7-3-5-13-11-7/h3,5,9H,2,4,6H2,1H3,(H,10,11,12). The number of nitrogens with zero attached hydrogens (tertiary/aromatic N) is 1. The average Bonchev–Trinajstić information content (AvgIpc) is 2.57. The third-order valence-electron chi connectivity index (χ3n) is 1.42. The second-order valence-electron chi connectivity index (χ2n) is 2.61. The van der Waals surface area contributed by atoms with Crippen LogP contribution < -0.4 is 10.6 Å². The molecule has 0 aromatic carbocycles. The van der Waals surface area contributed by atoms with E-state index in [9.17, 15) is 4.79 Å². The number of carbonyl (C=O) groups excluding carboxylic acids is 1. The van der Waals surface area contributed by atoms with Gasteiger partial charge in [-0.1, -0.05) is 12.1 Å². The number of rotatable bonds is 5. The molecular formula is C8H13N3O2. The Hall–Kier alpha value is -1.36. The summed E-state index contributed by atoms with van der Waals surface area (Å²) in [5.74, 6) is 0.339. The van der Waals surface area contributed by atoms with Gasteiger partial charge in [-0.2, -0.15) is 0 Å². The fourth-order valence-electron chi connectivity index (χ4n) is 0.843. The third kappa shape index (κ3) is 3.71. The van der Waals surface area contributed by atoms with Crippen LogP contribution in [0.5, 0.6) is 0 Å². The van der Waals surface area contributed by atoms with Gasteiger partial charge >= 0.3 is 0 Å². The van der Waals surface area contributed by atoms with E-state index >= 15 is 0 Å². The number of amides is 1. The molecule has 5 heteroatoms. The molecule has 13 heavy (non-hydrogen) atoms. The average molecular weight is 183 g/mol. The molecule has 0 radical (unpaired) electrons. The number of anilines is 1. The molecule has 0 aliphatic carbocycles. The van der Waals surface area contributed by atoms with Crippen LogP contribution in [0.1, 0.15) is 13.3 Å². The van der Waals surface area contributed by atoms with Gasteiger partial charge in [0.2, 0.25) is 5.91 Å². The lowest BCUT2D eigenvalue weighted by molar-refractivity contribution is -0.115. The number of hydrogen-bond donors (Lipinski definition) is 2.